The van der Waals surface area contributed by atoms with E-state index in [1.54, 1.807) is 0 Å². The topological polar surface area (TPSA) is 69.7 Å². The molecule has 0 aromatic carbocycles. The number of hydrogen-bond donors (Lipinski definition) is 0. The fraction of sp³-hybridized carbons (Fsp3) is 0.125. The average Bonchev–Trinajstić information content (AvgIpc) is 2.36. The van der Waals surface area contributed by atoms with Crippen LogP contribution in [0.3, 0.4) is 0 Å². The predicted molar refractivity (Wildman–Crippen MR) is 40.1 cm³/mol. The lowest BCUT2D eigenvalue weighted by atomic mass is 10.3. The molecule has 0 unspecified atom stereocenters. The molecule has 1 aliphatic rings. The van der Waals surface area contributed by atoms with Crippen LogP contribution in [0.15, 0.2) is 24.2 Å². The minimum Gasteiger partial charge on any atom is -0.424 e. The first-order valence-electron chi connectivity index (χ1n) is 3.35. The van der Waals surface area contributed by atoms with Gasteiger partial charge in [-0.1, -0.05) is 6.58 Å². The Hall–Kier alpha value is -1.91. The van der Waals surface area contributed by atoms with Crippen LogP contribution in [-0.2, 0) is 23.9 Å². The third kappa shape index (κ3) is 1.81. The van der Waals surface area contributed by atoms with Crippen molar-refractivity contribution < 1.29 is 23.9 Å². The van der Waals surface area contributed by atoms with Crippen molar-refractivity contribution in [1.29, 1.82) is 0 Å². The monoisotopic (exact) mass is 182 g/mol. The van der Waals surface area contributed by atoms with E-state index in [0.29, 0.717) is 0 Å². The van der Waals surface area contributed by atoms with Crippen molar-refractivity contribution in [1.82, 2.24) is 0 Å². The van der Waals surface area contributed by atoms with Gasteiger partial charge in [0.15, 0.2) is 0 Å². The van der Waals surface area contributed by atoms with E-state index in [4.69, 9.17) is 0 Å². The quantitative estimate of drug-likeness (QED) is 0.343. The first kappa shape index (κ1) is 9.18. The number of ether oxygens (including phenoxy) is 2. The highest BCUT2D eigenvalue weighted by Gasteiger charge is 2.30. The lowest BCUT2D eigenvalue weighted by Crippen LogP contribution is -2.14. The van der Waals surface area contributed by atoms with E-state index < -0.39 is 23.5 Å². The van der Waals surface area contributed by atoms with Gasteiger partial charge in [0.2, 0.25) is 5.76 Å². The summed E-state index contributed by atoms with van der Waals surface area (Å²) in [6, 6.07) is 0. The summed E-state index contributed by atoms with van der Waals surface area (Å²) < 4.78 is 8.68. The molecule has 0 aliphatic carbocycles. The molecular formula is C8H6O5. The molecule has 1 rings (SSSR count). The van der Waals surface area contributed by atoms with Gasteiger partial charge in [-0.2, -0.15) is 0 Å². The van der Waals surface area contributed by atoms with Crippen LogP contribution in [-0.4, -0.2) is 17.7 Å². The summed E-state index contributed by atoms with van der Waals surface area (Å²) in [7, 11) is 0. The highest BCUT2D eigenvalue weighted by atomic mass is 16.6. The second kappa shape index (κ2) is 3.22. The maximum absolute atomic E-state index is 10.9. The molecule has 1 heterocycles. The number of rotatable bonds is 2. The molecule has 0 saturated carbocycles. The Morgan fingerprint density at radius 3 is 2.54 bits per heavy atom. The van der Waals surface area contributed by atoms with Gasteiger partial charge in [0.1, 0.15) is 6.26 Å². The molecule has 0 radical (unpaired) electrons. The van der Waals surface area contributed by atoms with Crippen molar-refractivity contribution in [3.63, 3.8) is 0 Å². The number of ketones is 1. The Bertz CT molecular complexity index is 336. The lowest BCUT2D eigenvalue weighted by molar-refractivity contribution is -0.147. The molecule has 0 atom stereocenters. The van der Waals surface area contributed by atoms with Crippen molar-refractivity contribution in [2.24, 2.45) is 0 Å². The highest BCUT2D eigenvalue weighted by Crippen LogP contribution is 2.11. The molecule has 0 aromatic heterocycles. The van der Waals surface area contributed by atoms with E-state index in [1.165, 1.54) is 6.92 Å². The minimum absolute atomic E-state index is 0.132. The van der Waals surface area contributed by atoms with Gasteiger partial charge in [-0.15, -0.1) is 0 Å². The molecule has 0 saturated heterocycles. The molecule has 13 heavy (non-hydrogen) atoms. The van der Waals surface area contributed by atoms with E-state index >= 15 is 0 Å². The first-order chi connectivity index (χ1) is 6.02. The van der Waals surface area contributed by atoms with Gasteiger partial charge in [-0.25, -0.2) is 9.59 Å². The molecule has 0 bridgehead atoms. The number of carbonyl (C=O) groups is 3. The number of cyclic esters (lactones) is 1. The summed E-state index contributed by atoms with van der Waals surface area (Å²) in [4.78, 5) is 32.2. The van der Waals surface area contributed by atoms with Crippen LogP contribution in [0.1, 0.15) is 6.92 Å². The van der Waals surface area contributed by atoms with E-state index in [9.17, 15) is 14.4 Å². The van der Waals surface area contributed by atoms with E-state index in [-0.39, 0.29) is 5.57 Å². The van der Waals surface area contributed by atoms with E-state index in [2.05, 4.69) is 16.1 Å². The summed E-state index contributed by atoms with van der Waals surface area (Å²) in [6.45, 7) is 4.72. The minimum atomic E-state index is -1.05. The van der Waals surface area contributed by atoms with Crippen LogP contribution in [0.5, 0.6) is 0 Å². The Morgan fingerprint density at radius 1 is 1.54 bits per heavy atom. The normalized spacial score (nSPS) is 15.0. The molecule has 68 valence electrons. The first-order valence-corrected chi connectivity index (χ1v) is 3.35. The van der Waals surface area contributed by atoms with Crippen LogP contribution < -0.4 is 0 Å². The molecule has 0 fully saturated rings. The van der Waals surface area contributed by atoms with Gasteiger partial charge >= 0.3 is 17.7 Å². The predicted octanol–water partition coefficient (Wildman–Crippen LogP) is 0.0730. The van der Waals surface area contributed by atoms with Crippen molar-refractivity contribution in [2.45, 2.75) is 6.92 Å². The summed E-state index contributed by atoms with van der Waals surface area (Å²) in [5.74, 6) is -3.19. The molecule has 5 heteroatoms. The molecular weight excluding hydrogens is 176 g/mol. The zero-order chi connectivity index (χ0) is 10.0. The Kier molecular flexibility index (Phi) is 2.27. The fourth-order valence-electron chi connectivity index (χ4n) is 0.572. The van der Waals surface area contributed by atoms with Crippen LogP contribution in [0.4, 0.5) is 0 Å². The van der Waals surface area contributed by atoms with Gasteiger partial charge in [-0.05, 0) is 6.92 Å². The Labute approximate surface area is 73.6 Å². The van der Waals surface area contributed by atoms with Gasteiger partial charge in [0.25, 0.3) is 0 Å². The maximum Gasteiger partial charge on any atom is 0.388 e. The average molecular weight is 182 g/mol. The van der Waals surface area contributed by atoms with Crippen molar-refractivity contribution in [2.75, 3.05) is 0 Å². The third-order valence-electron chi connectivity index (χ3n) is 1.23. The molecule has 0 amide bonds. The molecule has 5 nitrogen and oxygen atoms in total. The standard InChI is InChI=1S/C8H6O5/c1-4(2)7(10)13-5-3-12-8(11)6(5)9/h3H,1H2,2H3. The second-order valence-electron chi connectivity index (χ2n) is 2.39. The number of esters is 2. The van der Waals surface area contributed by atoms with Gasteiger partial charge in [0.05, 0.1) is 0 Å². The summed E-state index contributed by atoms with van der Waals surface area (Å²) in [5.41, 5.74) is 0.132. The smallest absolute Gasteiger partial charge is 0.388 e. The molecule has 0 aromatic rings. The SMILES string of the molecule is C=C(C)C(=O)OC1=COC(=O)C1=O. The van der Waals surface area contributed by atoms with Gasteiger partial charge < -0.3 is 9.47 Å². The second-order valence-corrected chi connectivity index (χ2v) is 2.39. The third-order valence-corrected chi connectivity index (χ3v) is 1.23. The number of carbonyl (C=O) groups excluding carboxylic acids is 3. The van der Waals surface area contributed by atoms with Crippen LogP contribution in [0.25, 0.3) is 0 Å². The molecule has 0 spiro atoms. The number of hydrogen-bond acceptors (Lipinski definition) is 5. The zero-order valence-corrected chi connectivity index (χ0v) is 6.83. The largest absolute Gasteiger partial charge is 0.424 e. The van der Waals surface area contributed by atoms with Crippen LogP contribution in [0, 0.1) is 0 Å². The van der Waals surface area contributed by atoms with Gasteiger partial charge in [0, 0.05) is 5.57 Å². The summed E-state index contributed by atoms with van der Waals surface area (Å²) in [5, 5.41) is 0. The van der Waals surface area contributed by atoms with Gasteiger partial charge in [-0.3, -0.25) is 4.79 Å². The lowest BCUT2D eigenvalue weighted by Gasteiger charge is -1.99. The fourth-order valence-corrected chi connectivity index (χ4v) is 0.572. The van der Waals surface area contributed by atoms with E-state index in [1.807, 2.05) is 0 Å². The summed E-state index contributed by atoms with van der Waals surface area (Å²) in [6.07, 6.45) is 0.797. The summed E-state index contributed by atoms with van der Waals surface area (Å²) >= 11 is 0. The van der Waals surface area contributed by atoms with Crippen LogP contribution >= 0.6 is 0 Å². The Morgan fingerprint density at radius 2 is 2.15 bits per heavy atom. The molecule has 0 N–H and O–H groups in total. The van der Waals surface area contributed by atoms with Crippen molar-refractivity contribution in [3.05, 3.63) is 24.2 Å². The zero-order valence-electron chi connectivity index (χ0n) is 6.83. The Balaban J connectivity index is 2.67. The number of Topliss-reactive ketones (excluding diaryl/α,β-unsaturated/α-hetero) is 1. The maximum atomic E-state index is 10.9. The van der Waals surface area contributed by atoms with E-state index in [0.717, 1.165) is 6.26 Å². The van der Waals surface area contributed by atoms with Crippen molar-refractivity contribution >= 4 is 17.7 Å². The van der Waals surface area contributed by atoms with Crippen molar-refractivity contribution in [3.8, 4) is 0 Å². The van der Waals surface area contributed by atoms with Crippen LogP contribution in [0.2, 0.25) is 0 Å². The highest BCUT2D eigenvalue weighted by molar-refractivity contribution is 6.41. The molecule has 1 aliphatic heterocycles.